The number of phenols is 2. The van der Waals surface area contributed by atoms with Gasteiger partial charge in [-0.05, 0) is 96.1 Å². The van der Waals surface area contributed by atoms with Crippen LogP contribution < -0.4 is 9.47 Å². The molecule has 2 N–H and O–H groups in total. The van der Waals surface area contributed by atoms with Gasteiger partial charge < -0.3 is 19.7 Å². The summed E-state index contributed by atoms with van der Waals surface area (Å²) in [5.41, 5.74) is 0.987. The Bertz CT molecular complexity index is 1930. The molecule has 0 saturated carbocycles. The minimum Gasteiger partial charge on any atom is -0.506 e. The van der Waals surface area contributed by atoms with Gasteiger partial charge in [0, 0.05) is 18.5 Å². The summed E-state index contributed by atoms with van der Waals surface area (Å²) in [7, 11) is 0. The highest BCUT2D eigenvalue weighted by Crippen LogP contribution is 2.27. The second-order valence-corrected chi connectivity index (χ2v) is 9.40. The monoisotopic (exact) mass is 601 g/mol. The number of hydrogen-bond donors (Lipinski definition) is 2. The molecular formula is C34H23N3O8. The first-order chi connectivity index (χ1) is 21.8. The summed E-state index contributed by atoms with van der Waals surface area (Å²) >= 11 is 0. The predicted molar refractivity (Wildman–Crippen MR) is 167 cm³/mol. The highest BCUT2D eigenvalue weighted by Gasteiger charge is 2.25. The Labute approximate surface area is 256 Å². The Morgan fingerprint density at radius 1 is 0.644 bits per heavy atom. The first kappa shape index (κ1) is 29.9. The van der Waals surface area contributed by atoms with E-state index in [4.69, 9.17) is 9.47 Å². The van der Waals surface area contributed by atoms with Gasteiger partial charge in [-0.2, -0.15) is 0 Å². The maximum atomic E-state index is 12.8. The van der Waals surface area contributed by atoms with Crippen LogP contribution >= 0.6 is 0 Å². The van der Waals surface area contributed by atoms with Crippen molar-refractivity contribution in [2.45, 2.75) is 0 Å². The zero-order chi connectivity index (χ0) is 31.8. The van der Waals surface area contributed by atoms with Gasteiger partial charge in [0.1, 0.15) is 39.9 Å². The summed E-state index contributed by atoms with van der Waals surface area (Å²) in [5, 5.41) is 31.4. The Morgan fingerprint density at radius 2 is 1.11 bits per heavy atom. The normalized spacial score (nSPS) is 11.0. The smallest absolute Gasteiger partial charge is 0.350 e. The molecule has 0 heterocycles. The molecule has 0 spiro atoms. The van der Waals surface area contributed by atoms with E-state index in [1.54, 1.807) is 60.7 Å². The Balaban J connectivity index is 1.23. The number of aromatic hydroxyl groups is 2. The molecule has 5 aromatic carbocycles. The van der Waals surface area contributed by atoms with Gasteiger partial charge in [0.25, 0.3) is 5.69 Å². The Kier molecular flexibility index (Phi) is 9.00. The molecule has 0 atom stereocenters. The molecule has 0 bridgehead atoms. The fourth-order valence-corrected chi connectivity index (χ4v) is 3.99. The third-order valence-electron chi connectivity index (χ3n) is 6.30. The van der Waals surface area contributed by atoms with Gasteiger partial charge in [0.05, 0.1) is 10.5 Å². The molecule has 45 heavy (non-hydrogen) atoms. The van der Waals surface area contributed by atoms with Crippen molar-refractivity contribution in [1.29, 1.82) is 0 Å². The second kappa shape index (κ2) is 13.6. The van der Waals surface area contributed by atoms with Crippen LogP contribution in [0.4, 0.5) is 17.1 Å². The van der Waals surface area contributed by atoms with Crippen LogP contribution in [0, 0.1) is 10.1 Å². The quantitative estimate of drug-likeness (QED) is 0.0603. The molecule has 0 aliphatic rings. The summed E-state index contributed by atoms with van der Waals surface area (Å²) in [4.78, 5) is 45.0. The minimum absolute atomic E-state index is 0.0301. The van der Waals surface area contributed by atoms with Gasteiger partial charge in [0.2, 0.25) is 0 Å². The van der Waals surface area contributed by atoms with Crippen molar-refractivity contribution in [3.05, 3.63) is 148 Å². The number of nitro benzene ring substituents is 1. The third-order valence-corrected chi connectivity index (χ3v) is 6.30. The first-order valence-electron chi connectivity index (χ1n) is 13.3. The van der Waals surface area contributed by atoms with Gasteiger partial charge in [-0.3, -0.25) is 20.1 Å². The number of ether oxygens (including phenoxy) is 2. The maximum absolute atomic E-state index is 12.8. The predicted octanol–water partition coefficient (Wildman–Crippen LogP) is 6.95. The molecule has 0 amide bonds. The molecule has 222 valence electrons. The molecule has 0 saturated heterocycles. The molecule has 5 aromatic rings. The molecule has 0 unspecified atom stereocenters. The van der Waals surface area contributed by atoms with Crippen molar-refractivity contribution in [3.63, 3.8) is 0 Å². The lowest BCUT2D eigenvalue weighted by molar-refractivity contribution is -0.385. The highest BCUT2D eigenvalue weighted by molar-refractivity contribution is 5.99. The number of phenolic OH excluding ortho intramolecular Hbond substituents is 2. The number of hydrogen-bond acceptors (Lipinski definition) is 10. The number of nitro groups is 1. The van der Waals surface area contributed by atoms with Crippen LogP contribution in [0.5, 0.6) is 23.0 Å². The summed E-state index contributed by atoms with van der Waals surface area (Å²) in [6.07, 6.45) is 3.05. The molecule has 0 fully saturated rings. The van der Waals surface area contributed by atoms with E-state index in [9.17, 15) is 29.9 Å². The van der Waals surface area contributed by atoms with E-state index >= 15 is 0 Å². The fraction of sp³-hybridized carbons (Fsp3) is 0. The van der Waals surface area contributed by atoms with Crippen LogP contribution in [0.25, 0.3) is 0 Å². The van der Waals surface area contributed by atoms with Crippen molar-refractivity contribution in [3.8, 4) is 23.0 Å². The van der Waals surface area contributed by atoms with Crippen molar-refractivity contribution in [1.82, 2.24) is 0 Å². The largest absolute Gasteiger partial charge is 0.506 e. The van der Waals surface area contributed by atoms with E-state index in [0.717, 1.165) is 12.1 Å². The lowest BCUT2D eigenvalue weighted by Crippen LogP contribution is -2.14. The lowest BCUT2D eigenvalue weighted by Gasteiger charge is -2.08. The molecule has 11 nitrogen and oxygen atoms in total. The van der Waals surface area contributed by atoms with E-state index in [2.05, 4.69) is 9.98 Å². The fourth-order valence-electron chi connectivity index (χ4n) is 3.99. The first-order valence-corrected chi connectivity index (χ1v) is 13.3. The average Bonchev–Trinajstić information content (AvgIpc) is 3.05. The minimum atomic E-state index is -0.988. The summed E-state index contributed by atoms with van der Waals surface area (Å²) < 4.78 is 10.7. The van der Waals surface area contributed by atoms with Gasteiger partial charge in [0.15, 0.2) is 0 Å². The number of carbonyl (C=O) groups excluding carboxylic acids is 2. The molecule has 11 heteroatoms. The SMILES string of the molecule is O=C(Oc1ccc(C=Nc2ccccc2O)cc1)c1ccc(C(=O)Oc2ccc(C=Nc3ccccc3O)cc2)c([N+](=O)[O-])c1. The summed E-state index contributed by atoms with van der Waals surface area (Å²) in [6.45, 7) is 0. The number of benzene rings is 5. The number of nitrogens with zero attached hydrogens (tertiary/aromatic N) is 3. The van der Waals surface area contributed by atoms with Gasteiger partial charge in [-0.1, -0.05) is 24.3 Å². The zero-order valence-corrected chi connectivity index (χ0v) is 23.3. The van der Waals surface area contributed by atoms with Crippen molar-refractivity contribution >= 4 is 41.4 Å². The number of esters is 2. The van der Waals surface area contributed by atoms with Gasteiger partial charge in [-0.15, -0.1) is 0 Å². The van der Waals surface area contributed by atoms with Crippen molar-refractivity contribution < 1.29 is 34.2 Å². The molecule has 0 aliphatic carbocycles. The molecule has 0 aromatic heterocycles. The summed E-state index contributed by atoms with van der Waals surface area (Å²) in [5.74, 6) is -1.47. The van der Waals surface area contributed by atoms with Crippen LogP contribution in [0.1, 0.15) is 31.8 Å². The standard InChI is InChI=1S/C34H23N3O8/c38-31-7-3-1-5-28(31)35-20-22-9-14-25(15-10-22)44-33(40)24-13-18-27(30(19-24)37(42)43)34(41)45-26-16-11-23(12-17-26)21-36-29-6-2-4-8-32(29)39/h1-21,38-39H. The van der Waals surface area contributed by atoms with E-state index in [0.29, 0.717) is 22.5 Å². The van der Waals surface area contributed by atoms with Crippen LogP contribution in [0.2, 0.25) is 0 Å². The van der Waals surface area contributed by atoms with Crippen LogP contribution in [0.3, 0.4) is 0 Å². The third kappa shape index (κ3) is 7.62. The maximum Gasteiger partial charge on any atom is 0.350 e. The lowest BCUT2D eigenvalue weighted by atomic mass is 10.1. The molecule has 0 radical (unpaired) electrons. The Morgan fingerprint density at radius 3 is 1.58 bits per heavy atom. The van der Waals surface area contributed by atoms with Crippen molar-refractivity contribution in [2.24, 2.45) is 9.98 Å². The molecule has 0 aliphatic heterocycles. The Hall–Kier alpha value is -6.62. The zero-order valence-electron chi connectivity index (χ0n) is 23.3. The van der Waals surface area contributed by atoms with Crippen LogP contribution in [-0.4, -0.2) is 39.5 Å². The van der Waals surface area contributed by atoms with E-state index in [1.807, 2.05) is 0 Å². The number of carbonyl (C=O) groups is 2. The molecular weight excluding hydrogens is 578 g/mol. The number of aliphatic imine (C=N–C) groups is 2. The van der Waals surface area contributed by atoms with Gasteiger partial charge >= 0.3 is 11.9 Å². The average molecular weight is 602 g/mol. The van der Waals surface area contributed by atoms with Gasteiger partial charge in [-0.25, -0.2) is 9.59 Å². The topological polar surface area (TPSA) is 161 Å². The van der Waals surface area contributed by atoms with E-state index in [-0.39, 0.29) is 34.1 Å². The second-order valence-electron chi connectivity index (χ2n) is 9.40. The van der Waals surface area contributed by atoms with Crippen LogP contribution in [-0.2, 0) is 0 Å². The van der Waals surface area contributed by atoms with E-state index < -0.39 is 22.5 Å². The summed E-state index contributed by atoms with van der Waals surface area (Å²) in [6, 6.07) is 29.0. The number of rotatable bonds is 9. The van der Waals surface area contributed by atoms with E-state index in [1.165, 1.54) is 54.9 Å². The van der Waals surface area contributed by atoms with Crippen LogP contribution in [0.15, 0.2) is 125 Å². The van der Waals surface area contributed by atoms with Crippen molar-refractivity contribution in [2.75, 3.05) is 0 Å². The molecule has 5 rings (SSSR count). The highest BCUT2D eigenvalue weighted by atomic mass is 16.6. The number of para-hydroxylation sites is 4.